The molecule has 3 aliphatic rings. The first kappa shape index (κ1) is 37.6. The summed E-state index contributed by atoms with van der Waals surface area (Å²) in [7, 11) is 0. The molecule has 0 N–H and O–H groups in total. The minimum absolute atomic E-state index is 0.975. The van der Waals surface area contributed by atoms with Gasteiger partial charge in [0.15, 0.2) is 0 Å². The molecule has 2 nitrogen and oxygen atoms in total. The van der Waals surface area contributed by atoms with Gasteiger partial charge in [0.25, 0.3) is 0 Å². The summed E-state index contributed by atoms with van der Waals surface area (Å²) in [6.45, 7) is 0. The van der Waals surface area contributed by atoms with Crippen molar-refractivity contribution in [2.45, 2.75) is 38.5 Å². The predicted octanol–water partition coefficient (Wildman–Crippen LogP) is 17.2. The molecule has 7 aromatic carbocycles. The first-order valence-corrected chi connectivity index (χ1v) is 23.2. The van der Waals surface area contributed by atoms with Crippen molar-refractivity contribution in [1.82, 2.24) is 4.57 Å². The number of benzene rings is 7. The largest absolute Gasteiger partial charge is 0.310 e. The lowest BCUT2D eigenvalue weighted by atomic mass is 9.87. The average molecular weight is 827 g/mol. The Hall–Kier alpha value is -7.20. The van der Waals surface area contributed by atoms with Crippen molar-refractivity contribution in [2.75, 3.05) is 4.90 Å². The standard InChI is InChI=1S/C60H46N2S/c1-4-16-42(17-5-1)49-35-34-48(40-53(49)43-18-6-2-7-19-43)61(56-25-13-10-22-50(56)45-31-37-60-55(39-45)52-24-12-15-27-59(52)63-60)47-32-28-41(29-33-47)44-30-36-58-54(38-44)51-23-11-14-26-57(51)62(58)46-20-8-3-9-21-46/h2-4,6,8-9,11-18,20-21,23-40H,1,5,7,10,19,22H2. The molecule has 302 valence electrons. The highest BCUT2D eigenvalue weighted by Gasteiger charge is 2.24. The van der Waals surface area contributed by atoms with E-state index >= 15 is 0 Å². The fourth-order valence-electron chi connectivity index (χ4n) is 10.1. The van der Waals surface area contributed by atoms with Gasteiger partial charge in [-0.05, 0) is 162 Å². The Morgan fingerprint density at radius 3 is 2.06 bits per heavy atom. The van der Waals surface area contributed by atoms with Crippen LogP contribution < -0.4 is 4.90 Å². The molecule has 0 radical (unpaired) electrons. The van der Waals surface area contributed by atoms with E-state index in [1.54, 1.807) is 0 Å². The van der Waals surface area contributed by atoms with Crippen molar-refractivity contribution in [1.29, 1.82) is 0 Å². The number of rotatable bonds is 8. The molecule has 0 saturated carbocycles. The van der Waals surface area contributed by atoms with E-state index in [4.69, 9.17) is 0 Å². The molecule has 63 heavy (non-hydrogen) atoms. The second-order valence-corrected chi connectivity index (χ2v) is 18.0. The molecule has 12 rings (SSSR count). The molecule has 0 saturated heterocycles. The number of aromatic nitrogens is 1. The Labute approximate surface area is 373 Å². The number of anilines is 2. The van der Waals surface area contributed by atoms with E-state index in [2.05, 4.69) is 216 Å². The van der Waals surface area contributed by atoms with Crippen LogP contribution in [0.25, 0.3) is 75.5 Å². The van der Waals surface area contributed by atoms with Gasteiger partial charge in [-0.2, -0.15) is 0 Å². The van der Waals surface area contributed by atoms with Gasteiger partial charge in [-0.3, -0.25) is 0 Å². The molecule has 0 amide bonds. The molecule has 0 aliphatic heterocycles. The van der Waals surface area contributed by atoms with Crippen molar-refractivity contribution >= 4 is 81.4 Å². The summed E-state index contributed by atoms with van der Waals surface area (Å²) < 4.78 is 5.06. The summed E-state index contributed by atoms with van der Waals surface area (Å²) in [5.74, 6) is 0. The molecule has 0 bridgehead atoms. The monoisotopic (exact) mass is 826 g/mol. The lowest BCUT2D eigenvalue weighted by Gasteiger charge is -2.32. The maximum absolute atomic E-state index is 2.53. The van der Waals surface area contributed by atoms with Crippen LogP contribution in [0.3, 0.4) is 0 Å². The minimum atomic E-state index is 0.975. The molecule has 0 atom stereocenters. The van der Waals surface area contributed by atoms with Crippen LogP contribution in [0.2, 0.25) is 0 Å². The van der Waals surface area contributed by atoms with Crippen LogP contribution in [0.4, 0.5) is 11.4 Å². The highest BCUT2D eigenvalue weighted by atomic mass is 32.1. The van der Waals surface area contributed by atoms with Gasteiger partial charge in [0.2, 0.25) is 0 Å². The van der Waals surface area contributed by atoms with Crippen LogP contribution in [0.15, 0.2) is 212 Å². The quantitative estimate of drug-likeness (QED) is 0.148. The summed E-state index contributed by atoms with van der Waals surface area (Å²) in [5, 5.41) is 5.20. The lowest BCUT2D eigenvalue weighted by molar-refractivity contribution is 1.02. The van der Waals surface area contributed by atoms with Crippen molar-refractivity contribution in [3.05, 3.63) is 229 Å². The van der Waals surface area contributed by atoms with E-state index in [1.807, 2.05) is 11.3 Å². The first-order valence-electron chi connectivity index (χ1n) is 22.4. The zero-order valence-electron chi connectivity index (χ0n) is 35.2. The zero-order chi connectivity index (χ0) is 41.7. The van der Waals surface area contributed by atoms with Gasteiger partial charge >= 0.3 is 0 Å². The van der Waals surface area contributed by atoms with Gasteiger partial charge < -0.3 is 9.47 Å². The molecule has 9 aromatic rings. The molecule has 0 unspecified atom stereocenters. The second-order valence-electron chi connectivity index (χ2n) is 16.9. The summed E-state index contributed by atoms with van der Waals surface area (Å²) >= 11 is 1.89. The maximum Gasteiger partial charge on any atom is 0.0541 e. The highest BCUT2D eigenvalue weighted by molar-refractivity contribution is 7.25. The molecular weight excluding hydrogens is 781 g/mol. The predicted molar refractivity (Wildman–Crippen MR) is 272 cm³/mol. The van der Waals surface area contributed by atoms with Crippen molar-refractivity contribution in [3.63, 3.8) is 0 Å². The number of hydrogen-bond donors (Lipinski definition) is 0. The zero-order valence-corrected chi connectivity index (χ0v) is 36.0. The fourth-order valence-corrected chi connectivity index (χ4v) is 11.2. The average Bonchev–Trinajstić information content (AvgIpc) is 3.90. The maximum atomic E-state index is 2.53. The van der Waals surface area contributed by atoms with E-state index in [9.17, 15) is 0 Å². The van der Waals surface area contributed by atoms with Crippen molar-refractivity contribution in [2.24, 2.45) is 0 Å². The summed E-state index contributed by atoms with van der Waals surface area (Å²) in [4.78, 5) is 2.53. The highest BCUT2D eigenvalue weighted by Crippen LogP contribution is 2.44. The van der Waals surface area contributed by atoms with Crippen LogP contribution in [-0.4, -0.2) is 4.57 Å². The minimum Gasteiger partial charge on any atom is -0.310 e. The lowest BCUT2D eigenvalue weighted by Crippen LogP contribution is -2.19. The van der Waals surface area contributed by atoms with Gasteiger partial charge in [0.1, 0.15) is 0 Å². The van der Waals surface area contributed by atoms with E-state index in [0.717, 1.165) is 44.2 Å². The number of nitrogens with zero attached hydrogens (tertiary/aromatic N) is 2. The third-order valence-corrected chi connectivity index (χ3v) is 14.3. The fraction of sp³-hybridized carbons (Fsp3) is 0.100. The second kappa shape index (κ2) is 15.9. The van der Waals surface area contributed by atoms with Crippen molar-refractivity contribution in [3.8, 4) is 16.8 Å². The van der Waals surface area contributed by atoms with Crippen molar-refractivity contribution < 1.29 is 0 Å². The smallest absolute Gasteiger partial charge is 0.0541 e. The van der Waals surface area contributed by atoms with Gasteiger partial charge in [0, 0.05) is 53.7 Å². The van der Waals surface area contributed by atoms with Gasteiger partial charge in [0.05, 0.1) is 11.0 Å². The van der Waals surface area contributed by atoms with Crippen LogP contribution in [0.5, 0.6) is 0 Å². The third-order valence-electron chi connectivity index (χ3n) is 13.2. The van der Waals surface area contributed by atoms with E-state index < -0.39 is 0 Å². The number of fused-ring (bicyclic) bond motifs is 6. The number of thiophene rings is 1. The SMILES string of the molecule is C1=CCCC(c2cc(N(C3=C(c4ccc5sc6ccccc6c5c4)CCC=C3)c3ccc(-c4ccc5c(c4)c4ccccc4n5-c4ccccc4)cc3)ccc2C2=CCCC=C2)=C1. The third kappa shape index (κ3) is 6.72. The Balaban J connectivity index is 1.02. The Morgan fingerprint density at radius 2 is 1.21 bits per heavy atom. The Morgan fingerprint density at radius 1 is 0.476 bits per heavy atom. The summed E-state index contributed by atoms with van der Waals surface area (Å²) in [5.41, 5.74) is 17.6. The molecule has 3 aliphatic carbocycles. The molecule has 2 aromatic heterocycles. The number of allylic oxidation sites excluding steroid dienone is 11. The Kier molecular flexibility index (Phi) is 9.49. The van der Waals surface area contributed by atoms with Crippen LogP contribution in [0, 0.1) is 0 Å². The number of para-hydroxylation sites is 2. The Bertz CT molecular complexity index is 3440. The summed E-state index contributed by atoms with van der Waals surface area (Å²) in [6, 6.07) is 58.9. The molecule has 0 spiro atoms. The van der Waals surface area contributed by atoms with Crippen LogP contribution in [-0.2, 0) is 0 Å². The summed E-state index contributed by atoms with van der Waals surface area (Å²) in [6.07, 6.45) is 24.9. The number of hydrogen-bond acceptors (Lipinski definition) is 2. The van der Waals surface area contributed by atoms with Gasteiger partial charge in [-0.15, -0.1) is 11.3 Å². The molecule has 0 fully saturated rings. The van der Waals surface area contributed by atoms with Crippen LogP contribution >= 0.6 is 11.3 Å². The molecular formula is C60H46N2S. The normalized spacial score (nSPS) is 15.2. The molecule has 3 heteroatoms. The van der Waals surface area contributed by atoms with E-state index in [1.165, 1.54) is 104 Å². The van der Waals surface area contributed by atoms with E-state index in [0.29, 0.717) is 0 Å². The topological polar surface area (TPSA) is 8.17 Å². The molecule has 2 heterocycles. The van der Waals surface area contributed by atoms with Gasteiger partial charge in [-0.25, -0.2) is 0 Å². The van der Waals surface area contributed by atoms with Gasteiger partial charge in [-0.1, -0.05) is 127 Å². The van der Waals surface area contributed by atoms with Crippen LogP contribution in [0.1, 0.15) is 55.2 Å². The first-order chi connectivity index (χ1) is 31.2. The van der Waals surface area contributed by atoms with E-state index in [-0.39, 0.29) is 0 Å².